The van der Waals surface area contributed by atoms with Crippen molar-refractivity contribution in [1.82, 2.24) is 0 Å². The number of carbonyl (C=O) groups is 1. The minimum absolute atomic E-state index is 0.0694. The first kappa shape index (κ1) is 13.7. The lowest BCUT2D eigenvalue weighted by Crippen LogP contribution is -2.32. The molecule has 0 saturated carbocycles. The van der Waals surface area contributed by atoms with Gasteiger partial charge in [0.05, 0.1) is 12.3 Å². The SMILES string of the molecule is O=C1c2cccc3cccc(c23)N1CCO[C@H]1CCCCO1. The molecule has 114 valence electrons. The van der Waals surface area contributed by atoms with E-state index < -0.39 is 0 Å². The summed E-state index contributed by atoms with van der Waals surface area (Å²) in [6, 6.07) is 11.9. The molecule has 0 aromatic heterocycles. The van der Waals surface area contributed by atoms with Gasteiger partial charge in [0.2, 0.25) is 0 Å². The summed E-state index contributed by atoms with van der Waals surface area (Å²) in [5.74, 6) is 0.0694. The summed E-state index contributed by atoms with van der Waals surface area (Å²) < 4.78 is 11.3. The van der Waals surface area contributed by atoms with Crippen LogP contribution >= 0.6 is 0 Å². The molecule has 4 heteroatoms. The Balaban J connectivity index is 1.49. The summed E-state index contributed by atoms with van der Waals surface area (Å²) in [6.45, 7) is 1.84. The van der Waals surface area contributed by atoms with Crippen LogP contribution in [0.3, 0.4) is 0 Å². The number of ether oxygens (including phenoxy) is 2. The molecule has 0 radical (unpaired) electrons. The fourth-order valence-corrected chi connectivity index (χ4v) is 3.32. The number of hydrogen-bond donors (Lipinski definition) is 0. The number of carbonyl (C=O) groups excluding carboxylic acids is 1. The Kier molecular flexibility index (Phi) is 3.56. The largest absolute Gasteiger partial charge is 0.353 e. The summed E-state index contributed by atoms with van der Waals surface area (Å²) >= 11 is 0. The fraction of sp³-hybridized carbons (Fsp3) is 0.389. The lowest BCUT2D eigenvalue weighted by molar-refractivity contribution is -0.160. The van der Waals surface area contributed by atoms with Crippen molar-refractivity contribution in [3.05, 3.63) is 42.0 Å². The van der Waals surface area contributed by atoms with E-state index in [0.717, 1.165) is 47.9 Å². The van der Waals surface area contributed by atoms with Gasteiger partial charge in [-0.25, -0.2) is 0 Å². The number of hydrogen-bond acceptors (Lipinski definition) is 3. The topological polar surface area (TPSA) is 38.8 Å². The van der Waals surface area contributed by atoms with Gasteiger partial charge in [0.25, 0.3) is 5.91 Å². The highest BCUT2D eigenvalue weighted by molar-refractivity contribution is 6.24. The molecule has 0 N–H and O–H groups in total. The molecule has 1 saturated heterocycles. The normalized spacial score (nSPS) is 20.8. The van der Waals surface area contributed by atoms with E-state index in [0.29, 0.717) is 13.2 Å². The molecule has 0 spiro atoms. The average Bonchev–Trinajstić information content (AvgIpc) is 2.84. The minimum atomic E-state index is -0.107. The van der Waals surface area contributed by atoms with Crippen LogP contribution in [0.1, 0.15) is 29.6 Å². The maximum Gasteiger partial charge on any atom is 0.259 e. The van der Waals surface area contributed by atoms with Gasteiger partial charge < -0.3 is 14.4 Å². The predicted molar refractivity (Wildman–Crippen MR) is 85.2 cm³/mol. The molecule has 2 aliphatic heterocycles. The molecular weight excluding hydrogens is 278 g/mol. The van der Waals surface area contributed by atoms with Crippen LogP contribution in [0.15, 0.2) is 36.4 Å². The Morgan fingerprint density at radius 1 is 1.18 bits per heavy atom. The molecule has 1 atom stereocenters. The van der Waals surface area contributed by atoms with E-state index in [-0.39, 0.29) is 12.2 Å². The smallest absolute Gasteiger partial charge is 0.259 e. The summed E-state index contributed by atoms with van der Waals surface area (Å²) in [6.07, 6.45) is 3.11. The molecular formula is C18H19NO3. The van der Waals surface area contributed by atoms with Crippen molar-refractivity contribution >= 4 is 22.4 Å². The van der Waals surface area contributed by atoms with Gasteiger partial charge in [-0.15, -0.1) is 0 Å². The second-order valence-electron chi connectivity index (χ2n) is 5.80. The van der Waals surface area contributed by atoms with Gasteiger partial charge in [0.1, 0.15) is 0 Å². The van der Waals surface area contributed by atoms with Crippen LogP contribution in [0.4, 0.5) is 5.69 Å². The van der Waals surface area contributed by atoms with E-state index in [9.17, 15) is 4.79 Å². The van der Waals surface area contributed by atoms with Gasteiger partial charge in [-0.2, -0.15) is 0 Å². The van der Waals surface area contributed by atoms with Crippen LogP contribution in [-0.2, 0) is 9.47 Å². The summed E-state index contributed by atoms with van der Waals surface area (Å²) in [5, 5.41) is 2.17. The summed E-state index contributed by atoms with van der Waals surface area (Å²) in [4.78, 5) is 14.4. The van der Waals surface area contributed by atoms with Gasteiger partial charge in [-0.05, 0) is 36.8 Å². The van der Waals surface area contributed by atoms with Crippen LogP contribution in [-0.4, -0.2) is 32.0 Å². The lowest BCUT2D eigenvalue weighted by Gasteiger charge is -2.24. The Bertz CT molecular complexity index is 701. The van der Waals surface area contributed by atoms with Gasteiger partial charge in [-0.3, -0.25) is 4.79 Å². The van der Waals surface area contributed by atoms with Gasteiger partial charge >= 0.3 is 0 Å². The molecule has 0 unspecified atom stereocenters. The fourth-order valence-electron chi connectivity index (χ4n) is 3.32. The van der Waals surface area contributed by atoms with Gasteiger partial charge in [0.15, 0.2) is 6.29 Å². The first-order chi connectivity index (χ1) is 10.8. The van der Waals surface area contributed by atoms with E-state index in [2.05, 4.69) is 0 Å². The van der Waals surface area contributed by atoms with Crippen molar-refractivity contribution in [2.24, 2.45) is 0 Å². The number of benzene rings is 2. The van der Waals surface area contributed by atoms with Crippen molar-refractivity contribution in [3.63, 3.8) is 0 Å². The lowest BCUT2D eigenvalue weighted by atomic mass is 10.1. The van der Waals surface area contributed by atoms with Gasteiger partial charge in [-0.1, -0.05) is 24.3 Å². The third-order valence-electron chi connectivity index (χ3n) is 4.41. The molecule has 4 rings (SSSR count). The zero-order valence-electron chi connectivity index (χ0n) is 12.5. The van der Waals surface area contributed by atoms with Crippen molar-refractivity contribution in [3.8, 4) is 0 Å². The first-order valence-corrected chi connectivity index (χ1v) is 7.91. The first-order valence-electron chi connectivity index (χ1n) is 7.91. The molecule has 4 nitrogen and oxygen atoms in total. The van der Waals surface area contributed by atoms with E-state index in [1.807, 2.05) is 41.3 Å². The molecule has 2 aromatic carbocycles. The Morgan fingerprint density at radius 3 is 2.86 bits per heavy atom. The number of anilines is 1. The molecule has 1 amide bonds. The van der Waals surface area contributed by atoms with Crippen molar-refractivity contribution < 1.29 is 14.3 Å². The molecule has 22 heavy (non-hydrogen) atoms. The van der Waals surface area contributed by atoms with Crippen molar-refractivity contribution in [2.45, 2.75) is 25.6 Å². The monoisotopic (exact) mass is 297 g/mol. The number of nitrogens with zero attached hydrogens (tertiary/aromatic N) is 1. The third kappa shape index (κ3) is 2.28. The van der Waals surface area contributed by atoms with Crippen molar-refractivity contribution in [1.29, 1.82) is 0 Å². The number of rotatable bonds is 4. The zero-order valence-corrected chi connectivity index (χ0v) is 12.5. The molecule has 2 heterocycles. The average molecular weight is 297 g/mol. The highest BCUT2D eigenvalue weighted by Gasteiger charge is 2.29. The highest BCUT2D eigenvalue weighted by atomic mass is 16.7. The van der Waals surface area contributed by atoms with E-state index in [1.54, 1.807) is 0 Å². The van der Waals surface area contributed by atoms with Crippen LogP contribution in [0.5, 0.6) is 0 Å². The second kappa shape index (κ2) is 5.71. The molecule has 1 fully saturated rings. The van der Waals surface area contributed by atoms with Gasteiger partial charge in [0, 0.05) is 24.1 Å². The van der Waals surface area contributed by atoms with E-state index in [4.69, 9.17) is 9.47 Å². The Labute approximate surface area is 129 Å². The number of amides is 1. The summed E-state index contributed by atoms with van der Waals surface area (Å²) in [5.41, 5.74) is 1.79. The van der Waals surface area contributed by atoms with E-state index >= 15 is 0 Å². The molecule has 2 aromatic rings. The maximum atomic E-state index is 12.6. The maximum absolute atomic E-state index is 12.6. The van der Waals surface area contributed by atoms with Crippen LogP contribution in [0.2, 0.25) is 0 Å². The highest BCUT2D eigenvalue weighted by Crippen LogP contribution is 2.36. The van der Waals surface area contributed by atoms with Crippen LogP contribution in [0, 0.1) is 0 Å². The van der Waals surface area contributed by atoms with Crippen molar-refractivity contribution in [2.75, 3.05) is 24.7 Å². The van der Waals surface area contributed by atoms with E-state index in [1.165, 1.54) is 0 Å². The molecule has 0 bridgehead atoms. The Hall–Kier alpha value is -1.91. The molecule has 2 aliphatic rings. The molecule has 0 aliphatic carbocycles. The standard InChI is InChI=1S/C18H19NO3/c20-18-14-7-3-5-13-6-4-8-15(17(13)14)19(18)10-12-22-16-9-1-2-11-21-16/h3-8,16H,1-2,9-12H2/t16-/m0/s1. The van der Waals surface area contributed by atoms with Crippen LogP contribution in [0.25, 0.3) is 10.8 Å². The minimum Gasteiger partial charge on any atom is -0.353 e. The van der Waals surface area contributed by atoms with Crippen LogP contribution < -0.4 is 4.90 Å². The zero-order chi connectivity index (χ0) is 14.9. The third-order valence-corrected chi connectivity index (χ3v) is 4.41. The summed E-state index contributed by atoms with van der Waals surface area (Å²) in [7, 11) is 0. The predicted octanol–water partition coefficient (Wildman–Crippen LogP) is 3.34. The Morgan fingerprint density at radius 2 is 2.05 bits per heavy atom. The second-order valence-corrected chi connectivity index (χ2v) is 5.80. The quantitative estimate of drug-likeness (QED) is 0.868.